The van der Waals surface area contributed by atoms with Gasteiger partial charge in [0.15, 0.2) is 5.69 Å². The second-order valence-corrected chi connectivity index (χ2v) is 6.37. The molecule has 23 heavy (non-hydrogen) atoms. The summed E-state index contributed by atoms with van der Waals surface area (Å²) < 4.78 is 63.3. The van der Waals surface area contributed by atoms with E-state index in [0.29, 0.717) is 6.07 Å². The van der Waals surface area contributed by atoms with Gasteiger partial charge in [0, 0.05) is 27.5 Å². The van der Waals surface area contributed by atoms with Crippen molar-refractivity contribution in [2.24, 2.45) is 0 Å². The summed E-state index contributed by atoms with van der Waals surface area (Å²) in [5.41, 5.74) is -2.40. The third-order valence-corrected chi connectivity index (χ3v) is 4.31. The Hall–Kier alpha value is -1.74. The molecule has 0 aliphatic rings. The van der Waals surface area contributed by atoms with Gasteiger partial charge >= 0.3 is 6.18 Å². The van der Waals surface area contributed by atoms with Gasteiger partial charge in [0.25, 0.3) is 5.56 Å². The van der Waals surface area contributed by atoms with Crippen molar-refractivity contribution in [3.63, 3.8) is 0 Å². The normalized spacial score (nSPS) is 13.1. The van der Waals surface area contributed by atoms with Crippen molar-refractivity contribution in [2.45, 2.75) is 17.7 Å². The monoisotopic (exact) mass is 368 g/mol. The summed E-state index contributed by atoms with van der Waals surface area (Å²) in [6.45, 7) is 0. The standard InChI is InChI=1S/C13H9ClF4N2O2S/c14-8-2-1-3-9(15)7(8)5-23(22)6-11-19-10(13(16,17)18)4-12(21)20-11/h1-4H,5-6H2,(H,19,20,21). The van der Waals surface area contributed by atoms with Crippen molar-refractivity contribution in [2.75, 3.05) is 0 Å². The predicted molar refractivity (Wildman–Crippen MR) is 76.8 cm³/mol. The van der Waals surface area contributed by atoms with Gasteiger partial charge in [-0.15, -0.1) is 0 Å². The summed E-state index contributed by atoms with van der Waals surface area (Å²) in [5.74, 6) is -1.85. The van der Waals surface area contributed by atoms with Crippen LogP contribution in [-0.2, 0) is 28.5 Å². The first-order chi connectivity index (χ1) is 10.7. The van der Waals surface area contributed by atoms with E-state index in [1.54, 1.807) is 0 Å². The molecule has 1 unspecified atom stereocenters. The van der Waals surface area contributed by atoms with E-state index in [2.05, 4.69) is 9.97 Å². The van der Waals surface area contributed by atoms with Crippen LogP contribution in [0.5, 0.6) is 0 Å². The average molecular weight is 369 g/mol. The first-order valence-electron chi connectivity index (χ1n) is 6.12. The van der Waals surface area contributed by atoms with E-state index in [9.17, 15) is 26.6 Å². The summed E-state index contributed by atoms with van der Waals surface area (Å²) in [6.07, 6.45) is -4.79. The van der Waals surface area contributed by atoms with Crippen molar-refractivity contribution in [3.05, 3.63) is 62.5 Å². The second-order valence-electron chi connectivity index (χ2n) is 4.50. The maximum absolute atomic E-state index is 13.6. The number of H-pyrrole nitrogens is 1. The maximum Gasteiger partial charge on any atom is 0.433 e. The zero-order valence-corrected chi connectivity index (χ0v) is 12.9. The van der Waals surface area contributed by atoms with Gasteiger partial charge in [-0.2, -0.15) is 13.2 Å². The van der Waals surface area contributed by atoms with Crippen molar-refractivity contribution in [3.8, 4) is 0 Å². The molecule has 2 rings (SSSR count). The zero-order chi connectivity index (χ0) is 17.2. The number of hydrogen-bond donors (Lipinski definition) is 1. The Morgan fingerprint density at radius 1 is 1.26 bits per heavy atom. The quantitative estimate of drug-likeness (QED) is 0.844. The fraction of sp³-hybridized carbons (Fsp3) is 0.231. The summed E-state index contributed by atoms with van der Waals surface area (Å²) in [5, 5.41) is 0.0591. The van der Waals surface area contributed by atoms with Crippen molar-refractivity contribution in [1.82, 2.24) is 9.97 Å². The van der Waals surface area contributed by atoms with Crippen LogP contribution in [0.4, 0.5) is 17.6 Å². The van der Waals surface area contributed by atoms with Crippen LogP contribution < -0.4 is 5.56 Å². The van der Waals surface area contributed by atoms with E-state index < -0.39 is 45.6 Å². The van der Waals surface area contributed by atoms with Gasteiger partial charge in [0.1, 0.15) is 11.6 Å². The Labute approximate surface area is 135 Å². The molecule has 124 valence electrons. The van der Waals surface area contributed by atoms with E-state index in [-0.39, 0.29) is 16.3 Å². The molecule has 10 heteroatoms. The van der Waals surface area contributed by atoms with Crippen LogP contribution >= 0.6 is 11.6 Å². The highest BCUT2D eigenvalue weighted by atomic mass is 35.5. The molecule has 1 atom stereocenters. The van der Waals surface area contributed by atoms with Gasteiger partial charge in [0.05, 0.1) is 11.5 Å². The highest BCUT2D eigenvalue weighted by molar-refractivity contribution is 7.83. The summed E-state index contributed by atoms with van der Waals surface area (Å²) in [6, 6.07) is 4.21. The number of aromatic amines is 1. The van der Waals surface area contributed by atoms with Crippen molar-refractivity contribution in [1.29, 1.82) is 0 Å². The smallest absolute Gasteiger partial charge is 0.310 e. The molecule has 0 radical (unpaired) electrons. The highest BCUT2D eigenvalue weighted by Crippen LogP contribution is 2.26. The number of nitrogens with zero attached hydrogens (tertiary/aromatic N) is 1. The Morgan fingerprint density at radius 3 is 2.57 bits per heavy atom. The lowest BCUT2D eigenvalue weighted by molar-refractivity contribution is -0.141. The largest absolute Gasteiger partial charge is 0.433 e. The molecule has 0 spiro atoms. The molecule has 1 heterocycles. The molecule has 1 N–H and O–H groups in total. The first-order valence-corrected chi connectivity index (χ1v) is 7.98. The first kappa shape index (κ1) is 17.6. The lowest BCUT2D eigenvalue weighted by Crippen LogP contribution is -2.19. The van der Waals surface area contributed by atoms with Gasteiger partial charge in [-0.05, 0) is 12.1 Å². The number of nitrogens with one attached hydrogen (secondary N) is 1. The minimum atomic E-state index is -4.79. The summed E-state index contributed by atoms with van der Waals surface area (Å²) >= 11 is 5.79. The van der Waals surface area contributed by atoms with Gasteiger partial charge in [-0.3, -0.25) is 9.00 Å². The zero-order valence-electron chi connectivity index (χ0n) is 11.3. The molecule has 0 aliphatic carbocycles. The molecule has 1 aromatic carbocycles. The van der Waals surface area contributed by atoms with Crippen LogP contribution in [0.25, 0.3) is 0 Å². The van der Waals surface area contributed by atoms with Crippen molar-refractivity contribution >= 4 is 22.4 Å². The molecule has 1 aromatic heterocycles. The Balaban J connectivity index is 2.21. The second kappa shape index (κ2) is 6.79. The van der Waals surface area contributed by atoms with E-state index in [4.69, 9.17) is 11.6 Å². The fourth-order valence-corrected chi connectivity index (χ4v) is 3.22. The minimum absolute atomic E-state index is 0.0122. The third-order valence-electron chi connectivity index (χ3n) is 2.75. The summed E-state index contributed by atoms with van der Waals surface area (Å²) in [7, 11) is -1.81. The van der Waals surface area contributed by atoms with E-state index in [0.717, 1.165) is 6.07 Å². The number of hydrogen-bond acceptors (Lipinski definition) is 3. The summed E-state index contributed by atoms with van der Waals surface area (Å²) in [4.78, 5) is 16.5. The number of rotatable bonds is 4. The fourth-order valence-electron chi connectivity index (χ4n) is 1.76. The number of alkyl halides is 3. The van der Waals surface area contributed by atoms with Crippen LogP contribution in [0.1, 0.15) is 17.1 Å². The lowest BCUT2D eigenvalue weighted by Gasteiger charge is -2.08. The SMILES string of the molecule is O=c1cc(C(F)(F)F)nc(CS(=O)Cc2c(F)cccc2Cl)[nH]1. The van der Waals surface area contributed by atoms with Gasteiger partial charge in [-0.25, -0.2) is 9.37 Å². The average Bonchev–Trinajstić information content (AvgIpc) is 2.41. The molecular weight excluding hydrogens is 360 g/mol. The van der Waals surface area contributed by atoms with Crippen LogP contribution in [0.3, 0.4) is 0 Å². The molecule has 0 saturated heterocycles. The molecule has 0 fully saturated rings. The Morgan fingerprint density at radius 2 is 1.96 bits per heavy atom. The number of halogens is 5. The predicted octanol–water partition coefficient (Wildman–Crippen LogP) is 3.03. The third kappa shape index (κ3) is 4.61. The molecule has 4 nitrogen and oxygen atoms in total. The lowest BCUT2D eigenvalue weighted by atomic mass is 10.2. The Bertz CT molecular complexity index is 787. The molecule has 0 saturated carbocycles. The van der Waals surface area contributed by atoms with E-state index in [1.807, 2.05) is 0 Å². The van der Waals surface area contributed by atoms with E-state index >= 15 is 0 Å². The Kier molecular flexibility index (Phi) is 5.20. The van der Waals surface area contributed by atoms with Crippen LogP contribution in [0, 0.1) is 5.82 Å². The topological polar surface area (TPSA) is 62.8 Å². The van der Waals surface area contributed by atoms with Crippen LogP contribution in [0.15, 0.2) is 29.1 Å². The van der Waals surface area contributed by atoms with Gasteiger partial charge in [0.2, 0.25) is 0 Å². The highest BCUT2D eigenvalue weighted by Gasteiger charge is 2.33. The molecule has 0 bridgehead atoms. The number of aromatic nitrogens is 2. The minimum Gasteiger partial charge on any atom is -0.310 e. The maximum atomic E-state index is 13.6. The molecular formula is C13H9ClF4N2O2S. The molecule has 0 amide bonds. The molecule has 2 aromatic rings. The van der Waals surface area contributed by atoms with E-state index in [1.165, 1.54) is 12.1 Å². The van der Waals surface area contributed by atoms with Crippen molar-refractivity contribution < 1.29 is 21.8 Å². The molecule has 0 aliphatic heterocycles. The van der Waals surface area contributed by atoms with Gasteiger partial charge in [-0.1, -0.05) is 17.7 Å². The van der Waals surface area contributed by atoms with Gasteiger partial charge < -0.3 is 4.98 Å². The van der Waals surface area contributed by atoms with Crippen LogP contribution in [-0.4, -0.2) is 14.2 Å². The number of benzene rings is 1. The van der Waals surface area contributed by atoms with Crippen LogP contribution in [0.2, 0.25) is 5.02 Å².